The van der Waals surface area contributed by atoms with Crippen molar-refractivity contribution >= 4 is 36.7 Å². The fourth-order valence-corrected chi connectivity index (χ4v) is 8.32. The summed E-state index contributed by atoms with van der Waals surface area (Å²) >= 11 is 0. The first-order valence-electron chi connectivity index (χ1n) is 19.2. The third-order valence-corrected chi connectivity index (χ3v) is 11.5. The van der Waals surface area contributed by atoms with Gasteiger partial charge in [-0.3, -0.25) is 9.59 Å². The zero-order valence-electron chi connectivity index (χ0n) is 30.3. The molecule has 3 aromatic rings. The average Bonchev–Trinajstić information content (AvgIpc) is 3.73. The van der Waals surface area contributed by atoms with E-state index in [1.165, 1.54) is 51.0 Å². The number of rotatable bonds is 9. The lowest BCUT2D eigenvalue weighted by atomic mass is 9.62. The Morgan fingerprint density at radius 2 is 1.61 bits per heavy atom. The van der Waals surface area contributed by atoms with Crippen molar-refractivity contribution in [1.82, 2.24) is 24.3 Å². The molecule has 1 N–H and O–H groups in total. The van der Waals surface area contributed by atoms with Crippen LogP contribution in [0.3, 0.4) is 0 Å². The van der Waals surface area contributed by atoms with E-state index in [4.69, 9.17) is 22.0 Å². The van der Waals surface area contributed by atoms with Gasteiger partial charge in [-0.15, -0.1) is 0 Å². The average molecular weight is 700 g/mol. The largest absolute Gasteiger partial charge is 0.478 e. The molecule has 2 saturated carbocycles. The van der Waals surface area contributed by atoms with Gasteiger partial charge in [0, 0.05) is 12.6 Å². The Morgan fingerprint density at radius 3 is 2.33 bits per heavy atom. The smallest absolute Gasteiger partial charge is 0.335 e. The van der Waals surface area contributed by atoms with E-state index in [9.17, 15) is 19.5 Å². The number of carboxylic acid groups (broad SMARTS) is 1. The van der Waals surface area contributed by atoms with Gasteiger partial charge in [-0.2, -0.15) is 0 Å². The van der Waals surface area contributed by atoms with E-state index in [1.54, 1.807) is 23.2 Å². The number of hydrogen-bond acceptors (Lipinski definition) is 7. The molecule has 2 aromatic heterocycles. The van der Waals surface area contributed by atoms with Crippen LogP contribution in [0.4, 0.5) is 0 Å². The SMILES string of the molecule is [B]C1(COC2(C)CCCCCCCC(N3CC(=O)N(Cc4nc5ccc(C(=O)O)cc5n4Cc4cnco4)CC3=O)CCC2)CCCCCCC1. The predicted octanol–water partition coefficient (Wildman–Crippen LogP) is 7.07. The van der Waals surface area contributed by atoms with Crippen molar-refractivity contribution in [2.24, 2.45) is 0 Å². The summed E-state index contributed by atoms with van der Waals surface area (Å²) in [5.41, 5.74) is 1.09. The second kappa shape index (κ2) is 16.8. The molecule has 12 heteroatoms. The minimum atomic E-state index is -1.04. The van der Waals surface area contributed by atoms with Gasteiger partial charge >= 0.3 is 5.97 Å². The molecule has 3 fully saturated rings. The number of aromatic carboxylic acids is 1. The molecule has 0 spiro atoms. The molecule has 1 aliphatic heterocycles. The number of nitrogens with zero attached hydrogens (tertiary/aromatic N) is 5. The van der Waals surface area contributed by atoms with Crippen LogP contribution in [0.5, 0.6) is 0 Å². The molecular weight excluding hydrogens is 645 g/mol. The van der Waals surface area contributed by atoms with Crippen molar-refractivity contribution < 1.29 is 28.6 Å². The lowest BCUT2D eigenvalue weighted by Crippen LogP contribution is -2.56. The van der Waals surface area contributed by atoms with Crippen LogP contribution in [0.15, 0.2) is 35.2 Å². The van der Waals surface area contributed by atoms with Crippen LogP contribution in [0, 0.1) is 0 Å². The molecular formula is C39H54BN5O6. The molecule has 11 nitrogen and oxygen atoms in total. The summed E-state index contributed by atoms with van der Waals surface area (Å²) < 4.78 is 14.1. The number of carboxylic acids is 1. The molecule has 2 amide bonds. The fourth-order valence-electron chi connectivity index (χ4n) is 8.32. The number of benzene rings is 1. The molecule has 51 heavy (non-hydrogen) atoms. The van der Waals surface area contributed by atoms with Crippen molar-refractivity contribution in [2.75, 3.05) is 19.7 Å². The highest BCUT2D eigenvalue weighted by atomic mass is 16.5. The number of imidazole rings is 1. The van der Waals surface area contributed by atoms with Crippen LogP contribution in [0.1, 0.15) is 138 Å². The summed E-state index contributed by atoms with van der Waals surface area (Å²) in [6, 6.07) is 4.75. The molecule has 2 unspecified atom stereocenters. The molecule has 3 aliphatic rings. The maximum atomic E-state index is 13.8. The second-order valence-electron chi connectivity index (χ2n) is 15.6. The van der Waals surface area contributed by atoms with Gasteiger partial charge < -0.3 is 28.6 Å². The van der Waals surface area contributed by atoms with Crippen LogP contribution in [-0.2, 0) is 27.4 Å². The molecule has 274 valence electrons. The van der Waals surface area contributed by atoms with Gasteiger partial charge in [-0.05, 0) is 62.5 Å². The van der Waals surface area contributed by atoms with E-state index < -0.39 is 5.97 Å². The Balaban J connectivity index is 1.12. The number of hydrogen-bond donors (Lipinski definition) is 1. The van der Waals surface area contributed by atoms with Crippen molar-refractivity contribution in [1.29, 1.82) is 0 Å². The third-order valence-electron chi connectivity index (χ3n) is 11.5. The maximum Gasteiger partial charge on any atom is 0.335 e. The fraction of sp³-hybridized carbons (Fsp3) is 0.667. The summed E-state index contributed by atoms with van der Waals surface area (Å²) in [6.45, 7) is 3.25. The molecule has 2 radical (unpaired) electrons. The number of aromatic nitrogens is 3. The molecule has 1 aromatic carbocycles. The normalized spacial score (nSPS) is 24.5. The first kappa shape index (κ1) is 37.1. The molecule has 3 heterocycles. The summed E-state index contributed by atoms with van der Waals surface area (Å²) in [7, 11) is 6.92. The van der Waals surface area contributed by atoms with Gasteiger partial charge in [0.15, 0.2) is 6.39 Å². The van der Waals surface area contributed by atoms with E-state index in [-0.39, 0.29) is 60.5 Å². The van der Waals surface area contributed by atoms with E-state index in [1.807, 2.05) is 9.47 Å². The van der Waals surface area contributed by atoms with Crippen molar-refractivity contribution in [3.05, 3.63) is 47.9 Å². The number of carbonyl (C=O) groups excluding carboxylic acids is 2. The lowest BCUT2D eigenvalue weighted by Gasteiger charge is -2.40. The van der Waals surface area contributed by atoms with Crippen LogP contribution in [0.25, 0.3) is 11.0 Å². The maximum absolute atomic E-state index is 13.8. The highest BCUT2D eigenvalue weighted by Gasteiger charge is 2.36. The number of piperazine rings is 1. The van der Waals surface area contributed by atoms with Crippen LogP contribution in [0.2, 0.25) is 5.31 Å². The van der Waals surface area contributed by atoms with Crippen molar-refractivity contribution in [3.8, 4) is 0 Å². The summed E-state index contributed by atoms with van der Waals surface area (Å²) in [4.78, 5) is 51.4. The highest BCUT2D eigenvalue weighted by Crippen LogP contribution is 2.40. The van der Waals surface area contributed by atoms with Gasteiger partial charge in [-0.25, -0.2) is 14.8 Å². The number of amides is 2. The quantitative estimate of drug-likeness (QED) is 0.235. The zero-order valence-corrected chi connectivity index (χ0v) is 30.3. The lowest BCUT2D eigenvalue weighted by molar-refractivity contribution is -0.153. The Kier molecular flexibility index (Phi) is 12.2. The molecule has 6 rings (SSSR count). The standard InChI is InChI=1S/C39H54BN5O6/c1-38(51-27-39(40)19-10-6-3-7-11-20-39)17-9-5-2-4-8-13-30(14-12-18-38)44-26-35(46)43(25-36(44)47)24-34-42-32-16-15-29(37(48)49)21-33(32)45(34)23-31-22-41-28-50-31/h15-16,21-22,28,30H,2-14,17-20,23-27H2,1H3,(H,48,49). The first-order valence-corrected chi connectivity index (χ1v) is 19.2. The first-order chi connectivity index (χ1) is 24.6. The van der Waals surface area contributed by atoms with Crippen LogP contribution < -0.4 is 0 Å². The third kappa shape index (κ3) is 9.61. The highest BCUT2D eigenvalue weighted by molar-refractivity contribution is 6.15. The van der Waals surface area contributed by atoms with Gasteiger partial charge in [0.25, 0.3) is 0 Å². The van der Waals surface area contributed by atoms with E-state index in [0.29, 0.717) is 29.2 Å². The zero-order chi connectivity index (χ0) is 35.8. The summed E-state index contributed by atoms with van der Waals surface area (Å²) in [5.74, 6) is -0.102. The number of carbonyl (C=O) groups is 3. The molecule has 2 aliphatic carbocycles. The topological polar surface area (TPSA) is 131 Å². The van der Waals surface area contributed by atoms with Gasteiger partial charge in [0.05, 0.1) is 49.3 Å². The summed E-state index contributed by atoms with van der Waals surface area (Å²) in [6.07, 6.45) is 21.4. The van der Waals surface area contributed by atoms with Crippen molar-refractivity contribution in [3.63, 3.8) is 0 Å². The monoisotopic (exact) mass is 699 g/mol. The second-order valence-corrected chi connectivity index (χ2v) is 15.6. The van der Waals surface area contributed by atoms with Gasteiger partial charge in [0.1, 0.15) is 24.7 Å². The Morgan fingerprint density at radius 1 is 0.922 bits per heavy atom. The molecule has 2 atom stereocenters. The number of oxazole rings is 1. The van der Waals surface area contributed by atoms with Gasteiger partial charge in [-0.1, -0.05) is 77.0 Å². The number of ether oxygens (including phenoxy) is 1. The van der Waals surface area contributed by atoms with E-state index in [0.717, 1.165) is 70.6 Å². The minimum Gasteiger partial charge on any atom is -0.478 e. The Labute approximate surface area is 302 Å². The predicted molar refractivity (Wildman–Crippen MR) is 195 cm³/mol. The minimum absolute atomic E-state index is 0.00389. The van der Waals surface area contributed by atoms with E-state index in [2.05, 4.69) is 11.9 Å². The molecule has 0 bridgehead atoms. The Bertz CT molecular complexity index is 1630. The van der Waals surface area contributed by atoms with Crippen LogP contribution in [-0.4, -0.2) is 86.4 Å². The van der Waals surface area contributed by atoms with E-state index >= 15 is 0 Å². The number of fused-ring (bicyclic) bond motifs is 1. The molecule has 1 saturated heterocycles. The van der Waals surface area contributed by atoms with Gasteiger partial charge in [0.2, 0.25) is 11.8 Å². The summed E-state index contributed by atoms with van der Waals surface area (Å²) in [5, 5.41) is 9.36. The van der Waals surface area contributed by atoms with Crippen LogP contribution >= 0.6 is 0 Å². The van der Waals surface area contributed by atoms with Crippen molar-refractivity contribution in [2.45, 2.75) is 146 Å². The Hall–Kier alpha value is -3.67.